The van der Waals surface area contributed by atoms with Crippen LogP contribution in [0.4, 0.5) is 23.0 Å². The van der Waals surface area contributed by atoms with Crippen LogP contribution in [0, 0.1) is 10.1 Å². The lowest BCUT2D eigenvalue weighted by Gasteiger charge is -2.22. The SMILES string of the molecule is COc1cc(N(C)CCN(C)C)c([N+](=O)[O-])cc1Nc1ncc(C(=O)NN)c(-c2cn3c4c(cccc24)CCC3)n1. The Morgan fingerprint density at radius 2 is 2.05 bits per heavy atom. The lowest BCUT2D eigenvalue weighted by molar-refractivity contribution is -0.384. The van der Waals surface area contributed by atoms with Crippen molar-refractivity contribution < 1.29 is 14.5 Å². The quantitative estimate of drug-likeness (QED) is 0.114. The van der Waals surface area contributed by atoms with Crippen LogP contribution in [-0.2, 0) is 13.0 Å². The van der Waals surface area contributed by atoms with Crippen molar-refractivity contribution >= 4 is 39.8 Å². The fraction of sp³-hybridized carbons (Fsp3) is 0.321. The number of ether oxygens (including phenoxy) is 1. The largest absolute Gasteiger partial charge is 0.494 e. The molecule has 0 saturated carbocycles. The summed E-state index contributed by atoms with van der Waals surface area (Å²) in [4.78, 5) is 37.2. The Kier molecular flexibility index (Phi) is 7.72. The van der Waals surface area contributed by atoms with E-state index in [4.69, 9.17) is 15.6 Å². The highest BCUT2D eigenvalue weighted by Gasteiger charge is 2.25. The number of likely N-dealkylation sites (N-methyl/N-ethyl adjacent to an activating group) is 2. The van der Waals surface area contributed by atoms with Crippen molar-refractivity contribution in [2.45, 2.75) is 19.4 Å². The molecule has 1 amide bonds. The number of hydrogen-bond acceptors (Lipinski definition) is 10. The molecule has 4 aromatic rings. The normalized spacial score (nSPS) is 12.4. The van der Waals surface area contributed by atoms with Crippen LogP contribution < -0.4 is 26.2 Å². The van der Waals surface area contributed by atoms with E-state index in [1.165, 1.54) is 24.9 Å². The maximum atomic E-state index is 12.7. The number of aryl methyl sites for hydroxylation is 2. The van der Waals surface area contributed by atoms with Crippen LogP contribution in [-0.4, -0.2) is 71.6 Å². The molecule has 0 atom stereocenters. The highest BCUT2D eigenvalue weighted by Crippen LogP contribution is 2.40. The van der Waals surface area contributed by atoms with Gasteiger partial charge < -0.3 is 24.4 Å². The number of anilines is 3. The summed E-state index contributed by atoms with van der Waals surface area (Å²) in [5.41, 5.74) is 6.54. The molecule has 2 aromatic heterocycles. The van der Waals surface area contributed by atoms with Crippen molar-refractivity contribution in [2.24, 2.45) is 5.84 Å². The molecule has 2 aromatic carbocycles. The third kappa shape index (κ3) is 5.36. The lowest BCUT2D eigenvalue weighted by Crippen LogP contribution is -2.30. The van der Waals surface area contributed by atoms with Gasteiger partial charge in [-0.25, -0.2) is 15.8 Å². The van der Waals surface area contributed by atoms with E-state index in [1.54, 1.807) is 13.1 Å². The molecule has 5 rings (SSSR count). The molecule has 13 nitrogen and oxygen atoms in total. The molecule has 214 valence electrons. The van der Waals surface area contributed by atoms with Crippen molar-refractivity contribution in [2.75, 3.05) is 51.6 Å². The molecule has 0 spiro atoms. The molecule has 0 aliphatic carbocycles. The van der Waals surface area contributed by atoms with E-state index in [0.717, 1.165) is 35.9 Å². The number of nitro benzene ring substituents is 1. The molecule has 4 N–H and O–H groups in total. The highest BCUT2D eigenvalue weighted by molar-refractivity contribution is 6.05. The van der Waals surface area contributed by atoms with Gasteiger partial charge in [0.15, 0.2) is 0 Å². The number of nitrogens with two attached hydrogens (primary N) is 1. The molecule has 13 heteroatoms. The Morgan fingerprint density at radius 1 is 1.24 bits per heavy atom. The minimum Gasteiger partial charge on any atom is -0.494 e. The molecule has 1 aliphatic rings. The number of para-hydroxylation sites is 1. The van der Waals surface area contributed by atoms with Gasteiger partial charge >= 0.3 is 0 Å². The van der Waals surface area contributed by atoms with E-state index in [1.807, 2.05) is 42.2 Å². The molecular formula is C28H33N9O4. The average molecular weight is 560 g/mol. The van der Waals surface area contributed by atoms with Crippen LogP contribution in [0.15, 0.2) is 42.7 Å². The number of carbonyl (C=O) groups excluding carboxylic acids is 1. The number of hydrogen-bond donors (Lipinski definition) is 3. The Labute approximate surface area is 237 Å². The molecule has 41 heavy (non-hydrogen) atoms. The standard InChI is InChI=1S/C28H33N9O4/c1-34(2)11-12-35(3)22-14-24(41-4)21(13-23(22)37(39)40)31-28-30-15-19(27(38)33-29)25(32-28)20-16-36-10-6-8-17-7-5-9-18(20)26(17)36/h5,7,9,13-16H,6,8,10-12,29H2,1-4H3,(H,33,38)(H,30,31,32). The van der Waals surface area contributed by atoms with Crippen LogP contribution in [0.5, 0.6) is 5.75 Å². The summed E-state index contributed by atoms with van der Waals surface area (Å²) in [6.07, 6.45) is 5.39. The topological polar surface area (TPSA) is 157 Å². The Hall–Kier alpha value is -4.75. The Balaban J connectivity index is 1.59. The van der Waals surface area contributed by atoms with Gasteiger partial charge in [0.1, 0.15) is 11.4 Å². The predicted molar refractivity (Wildman–Crippen MR) is 158 cm³/mol. The van der Waals surface area contributed by atoms with Crippen molar-refractivity contribution in [3.63, 3.8) is 0 Å². The Bertz CT molecular complexity index is 1630. The van der Waals surface area contributed by atoms with Gasteiger partial charge in [-0.1, -0.05) is 18.2 Å². The van der Waals surface area contributed by atoms with Gasteiger partial charge in [-0.2, -0.15) is 0 Å². The maximum absolute atomic E-state index is 12.7. The van der Waals surface area contributed by atoms with Crippen LogP contribution in [0.1, 0.15) is 22.3 Å². The van der Waals surface area contributed by atoms with Crippen LogP contribution in [0.3, 0.4) is 0 Å². The summed E-state index contributed by atoms with van der Waals surface area (Å²) in [5.74, 6) is 5.48. The van der Waals surface area contributed by atoms with Crippen molar-refractivity contribution in [1.82, 2.24) is 24.9 Å². The summed E-state index contributed by atoms with van der Waals surface area (Å²) in [6, 6.07) is 9.15. The zero-order valence-corrected chi connectivity index (χ0v) is 23.5. The summed E-state index contributed by atoms with van der Waals surface area (Å²) in [6.45, 7) is 2.15. The smallest absolute Gasteiger partial charge is 0.294 e. The van der Waals surface area contributed by atoms with Crippen molar-refractivity contribution in [1.29, 1.82) is 0 Å². The summed E-state index contributed by atoms with van der Waals surface area (Å²) >= 11 is 0. The van der Waals surface area contributed by atoms with Gasteiger partial charge in [0.05, 0.1) is 34.5 Å². The molecule has 3 heterocycles. The van der Waals surface area contributed by atoms with Gasteiger partial charge in [-0.3, -0.25) is 20.3 Å². The first-order chi connectivity index (χ1) is 19.7. The number of nitrogens with zero attached hydrogens (tertiary/aromatic N) is 6. The van der Waals surface area contributed by atoms with Gasteiger partial charge in [0, 0.05) is 62.2 Å². The zero-order valence-electron chi connectivity index (χ0n) is 23.5. The molecule has 0 fully saturated rings. The first kappa shape index (κ1) is 27.8. The summed E-state index contributed by atoms with van der Waals surface area (Å²) < 4.78 is 7.78. The molecule has 1 aliphatic heterocycles. The second-order valence-corrected chi connectivity index (χ2v) is 10.2. The van der Waals surface area contributed by atoms with E-state index in [-0.39, 0.29) is 17.2 Å². The van der Waals surface area contributed by atoms with Crippen molar-refractivity contribution in [3.05, 3.63) is 64.0 Å². The number of hydrazine groups is 1. The van der Waals surface area contributed by atoms with E-state index in [2.05, 4.69) is 26.4 Å². The minimum atomic E-state index is -0.531. The predicted octanol–water partition coefficient (Wildman–Crippen LogP) is 3.31. The number of carbonyl (C=O) groups is 1. The summed E-state index contributed by atoms with van der Waals surface area (Å²) in [5, 5.41) is 16.1. The third-order valence-electron chi connectivity index (χ3n) is 7.28. The summed E-state index contributed by atoms with van der Waals surface area (Å²) in [7, 11) is 7.17. The molecule has 0 radical (unpaired) electrons. The van der Waals surface area contributed by atoms with E-state index < -0.39 is 10.8 Å². The number of nitro groups is 1. The van der Waals surface area contributed by atoms with Crippen LogP contribution >= 0.6 is 0 Å². The van der Waals surface area contributed by atoms with Gasteiger partial charge in [0.25, 0.3) is 11.6 Å². The van der Waals surface area contributed by atoms with Crippen molar-refractivity contribution in [3.8, 4) is 17.0 Å². The first-order valence-electron chi connectivity index (χ1n) is 13.2. The van der Waals surface area contributed by atoms with E-state index >= 15 is 0 Å². The average Bonchev–Trinajstić information content (AvgIpc) is 3.35. The van der Waals surface area contributed by atoms with Gasteiger partial charge in [-0.15, -0.1) is 0 Å². The molecule has 0 unspecified atom stereocenters. The van der Waals surface area contributed by atoms with Gasteiger partial charge in [-0.05, 0) is 32.5 Å². The highest BCUT2D eigenvalue weighted by atomic mass is 16.6. The van der Waals surface area contributed by atoms with E-state index in [0.29, 0.717) is 35.9 Å². The van der Waals surface area contributed by atoms with Gasteiger partial charge in [0.2, 0.25) is 5.95 Å². The zero-order chi connectivity index (χ0) is 29.3. The second-order valence-electron chi connectivity index (χ2n) is 10.2. The Morgan fingerprint density at radius 3 is 2.76 bits per heavy atom. The molecular weight excluding hydrogens is 526 g/mol. The van der Waals surface area contributed by atoms with Crippen LogP contribution in [0.2, 0.25) is 0 Å². The monoisotopic (exact) mass is 559 g/mol. The fourth-order valence-corrected chi connectivity index (χ4v) is 5.20. The number of rotatable bonds is 10. The van der Waals surface area contributed by atoms with E-state index in [9.17, 15) is 14.9 Å². The second kappa shape index (κ2) is 11.4. The third-order valence-corrected chi connectivity index (χ3v) is 7.28. The number of amides is 1. The fourth-order valence-electron chi connectivity index (χ4n) is 5.20. The first-order valence-corrected chi connectivity index (χ1v) is 13.2. The van der Waals surface area contributed by atoms with Crippen LogP contribution in [0.25, 0.3) is 22.2 Å². The molecule has 0 saturated heterocycles. The number of methoxy groups -OCH3 is 1. The lowest BCUT2D eigenvalue weighted by atomic mass is 10.0. The number of benzene rings is 2. The maximum Gasteiger partial charge on any atom is 0.294 e. The number of aromatic nitrogens is 3. The molecule has 0 bridgehead atoms. The number of nitrogens with one attached hydrogen (secondary N) is 2. The minimum absolute atomic E-state index is 0.0945. The number of nitrogen functional groups attached to an aromatic ring is 1.